The van der Waals surface area contributed by atoms with E-state index in [0.717, 1.165) is 48.3 Å². The second-order valence-electron chi connectivity index (χ2n) is 9.25. The highest BCUT2D eigenvalue weighted by Crippen LogP contribution is 2.38. The maximum absolute atomic E-state index is 6.22. The van der Waals surface area contributed by atoms with Gasteiger partial charge >= 0.3 is 0 Å². The Morgan fingerprint density at radius 1 is 0.743 bits per heavy atom. The van der Waals surface area contributed by atoms with Crippen LogP contribution in [0.15, 0.2) is 84.9 Å². The molecular formula is C30H31ClN4. The molecule has 178 valence electrons. The van der Waals surface area contributed by atoms with Crippen LogP contribution in [0.5, 0.6) is 0 Å². The lowest BCUT2D eigenvalue weighted by Crippen LogP contribution is -2.46. The van der Waals surface area contributed by atoms with Crippen LogP contribution >= 0.6 is 11.6 Å². The standard InChI is InChI=1S/C30H31ClN4/c1-22-30(24-11-15-26(16-12-24)33(2)3)28(23-9-13-25(31)14-10-23)21-29(32-22)35-19-17-34(18-20-35)27-7-5-4-6-8-27/h4-16,21H,17-20H2,1-3H3. The number of piperazine rings is 1. The topological polar surface area (TPSA) is 22.6 Å². The van der Waals surface area contributed by atoms with E-state index in [9.17, 15) is 0 Å². The van der Waals surface area contributed by atoms with Crippen LogP contribution in [0.25, 0.3) is 22.3 Å². The van der Waals surface area contributed by atoms with Gasteiger partial charge in [0, 0.05) is 67.9 Å². The van der Waals surface area contributed by atoms with Gasteiger partial charge in [0.05, 0.1) is 0 Å². The average molecular weight is 483 g/mol. The molecule has 0 N–H and O–H groups in total. The Morgan fingerprint density at radius 3 is 1.97 bits per heavy atom. The van der Waals surface area contributed by atoms with Crippen molar-refractivity contribution in [1.29, 1.82) is 0 Å². The molecule has 4 nitrogen and oxygen atoms in total. The van der Waals surface area contributed by atoms with Crippen molar-refractivity contribution in [2.24, 2.45) is 0 Å². The number of para-hydroxylation sites is 1. The van der Waals surface area contributed by atoms with Crippen LogP contribution in [-0.4, -0.2) is 45.3 Å². The number of halogens is 1. The first kappa shape index (κ1) is 23.3. The second-order valence-corrected chi connectivity index (χ2v) is 9.68. The van der Waals surface area contributed by atoms with E-state index >= 15 is 0 Å². The number of rotatable bonds is 5. The van der Waals surface area contributed by atoms with Crippen molar-refractivity contribution in [1.82, 2.24) is 4.98 Å². The summed E-state index contributed by atoms with van der Waals surface area (Å²) in [5.41, 5.74) is 8.18. The summed E-state index contributed by atoms with van der Waals surface area (Å²) in [6, 6.07) is 29.8. The van der Waals surface area contributed by atoms with Crippen molar-refractivity contribution in [3.05, 3.63) is 95.6 Å². The summed E-state index contributed by atoms with van der Waals surface area (Å²) in [6.45, 7) is 5.97. The molecule has 0 spiro atoms. The maximum Gasteiger partial charge on any atom is 0.129 e. The first-order valence-electron chi connectivity index (χ1n) is 12.1. The molecule has 1 aliphatic heterocycles. The SMILES string of the molecule is Cc1nc(N2CCN(c3ccccc3)CC2)cc(-c2ccc(Cl)cc2)c1-c1ccc(N(C)C)cc1. The van der Waals surface area contributed by atoms with Gasteiger partial charge < -0.3 is 14.7 Å². The molecule has 0 bridgehead atoms. The Morgan fingerprint density at radius 2 is 1.34 bits per heavy atom. The monoisotopic (exact) mass is 482 g/mol. The van der Waals surface area contributed by atoms with E-state index in [1.807, 2.05) is 12.1 Å². The highest BCUT2D eigenvalue weighted by Gasteiger charge is 2.21. The summed E-state index contributed by atoms with van der Waals surface area (Å²) in [5, 5.41) is 0.744. The van der Waals surface area contributed by atoms with Crippen LogP contribution < -0.4 is 14.7 Å². The quantitative estimate of drug-likeness (QED) is 0.313. The van der Waals surface area contributed by atoms with Crippen LogP contribution in [0.2, 0.25) is 5.02 Å². The molecule has 1 aliphatic rings. The Labute approximate surface area is 213 Å². The van der Waals surface area contributed by atoms with Gasteiger partial charge in [-0.1, -0.05) is 54.1 Å². The lowest BCUT2D eigenvalue weighted by Gasteiger charge is -2.37. The van der Waals surface area contributed by atoms with Crippen molar-refractivity contribution < 1.29 is 0 Å². The van der Waals surface area contributed by atoms with E-state index in [-0.39, 0.29) is 0 Å². The lowest BCUT2D eigenvalue weighted by atomic mass is 9.93. The van der Waals surface area contributed by atoms with Crippen molar-refractivity contribution >= 4 is 28.8 Å². The highest BCUT2D eigenvalue weighted by molar-refractivity contribution is 6.30. The first-order chi connectivity index (χ1) is 17.0. The van der Waals surface area contributed by atoms with E-state index < -0.39 is 0 Å². The molecule has 1 fully saturated rings. The van der Waals surface area contributed by atoms with E-state index in [1.54, 1.807) is 0 Å². The van der Waals surface area contributed by atoms with Crippen LogP contribution in [-0.2, 0) is 0 Å². The zero-order chi connectivity index (χ0) is 24.4. The molecule has 0 amide bonds. The molecule has 1 saturated heterocycles. The molecule has 0 aliphatic carbocycles. The molecule has 3 aromatic carbocycles. The van der Waals surface area contributed by atoms with Crippen molar-refractivity contribution in [2.75, 3.05) is 55.0 Å². The summed E-state index contributed by atoms with van der Waals surface area (Å²) < 4.78 is 0. The third-order valence-electron chi connectivity index (χ3n) is 6.74. The van der Waals surface area contributed by atoms with Gasteiger partial charge in [-0.15, -0.1) is 0 Å². The number of hydrogen-bond acceptors (Lipinski definition) is 4. The predicted molar refractivity (Wildman–Crippen MR) is 150 cm³/mol. The van der Waals surface area contributed by atoms with Gasteiger partial charge in [0.1, 0.15) is 5.82 Å². The number of aryl methyl sites for hydroxylation is 1. The maximum atomic E-state index is 6.22. The van der Waals surface area contributed by atoms with Crippen molar-refractivity contribution in [3.63, 3.8) is 0 Å². The zero-order valence-electron chi connectivity index (χ0n) is 20.6. The summed E-state index contributed by atoms with van der Waals surface area (Å²) in [6.07, 6.45) is 0. The number of anilines is 3. The van der Waals surface area contributed by atoms with E-state index in [1.165, 1.54) is 28.1 Å². The number of benzene rings is 3. The minimum atomic E-state index is 0.744. The van der Waals surface area contributed by atoms with Crippen LogP contribution in [0.1, 0.15) is 5.69 Å². The van der Waals surface area contributed by atoms with Crippen LogP contribution in [0.4, 0.5) is 17.2 Å². The lowest BCUT2D eigenvalue weighted by molar-refractivity contribution is 0.647. The Bertz CT molecular complexity index is 1280. The van der Waals surface area contributed by atoms with Gasteiger partial charge in [0.2, 0.25) is 0 Å². The number of pyridine rings is 1. The van der Waals surface area contributed by atoms with E-state index in [4.69, 9.17) is 16.6 Å². The Balaban J connectivity index is 1.50. The average Bonchev–Trinajstić information content (AvgIpc) is 2.89. The van der Waals surface area contributed by atoms with Gasteiger partial charge in [-0.3, -0.25) is 0 Å². The Kier molecular flexibility index (Phi) is 6.65. The van der Waals surface area contributed by atoms with E-state index in [2.05, 4.69) is 109 Å². The number of hydrogen-bond donors (Lipinski definition) is 0. The molecule has 0 atom stereocenters. The predicted octanol–water partition coefficient (Wildman–Crippen LogP) is 6.77. The van der Waals surface area contributed by atoms with E-state index in [0.29, 0.717) is 0 Å². The van der Waals surface area contributed by atoms with Gasteiger partial charge in [-0.2, -0.15) is 0 Å². The third kappa shape index (κ3) is 4.98. The molecule has 1 aromatic heterocycles. The fraction of sp³-hybridized carbons (Fsp3) is 0.233. The van der Waals surface area contributed by atoms with Gasteiger partial charge in [-0.25, -0.2) is 4.98 Å². The normalized spacial score (nSPS) is 13.7. The summed E-state index contributed by atoms with van der Waals surface area (Å²) in [7, 11) is 4.13. The molecule has 0 radical (unpaired) electrons. The molecular weight excluding hydrogens is 452 g/mol. The molecule has 4 aromatic rings. The molecule has 5 heteroatoms. The molecule has 5 rings (SSSR count). The third-order valence-corrected chi connectivity index (χ3v) is 6.99. The minimum Gasteiger partial charge on any atom is -0.378 e. The minimum absolute atomic E-state index is 0.744. The zero-order valence-corrected chi connectivity index (χ0v) is 21.3. The van der Waals surface area contributed by atoms with Crippen LogP contribution in [0, 0.1) is 6.92 Å². The summed E-state index contributed by atoms with van der Waals surface area (Å²) >= 11 is 6.22. The Hall–Kier alpha value is -3.50. The first-order valence-corrected chi connectivity index (χ1v) is 12.5. The molecule has 2 heterocycles. The summed E-state index contributed by atoms with van der Waals surface area (Å²) in [5.74, 6) is 1.04. The number of aromatic nitrogens is 1. The second kappa shape index (κ2) is 10.0. The molecule has 0 saturated carbocycles. The fourth-order valence-corrected chi connectivity index (χ4v) is 4.92. The largest absolute Gasteiger partial charge is 0.378 e. The van der Waals surface area contributed by atoms with Crippen molar-refractivity contribution in [3.8, 4) is 22.3 Å². The molecule has 0 unspecified atom stereocenters. The van der Waals surface area contributed by atoms with Gasteiger partial charge in [0.15, 0.2) is 0 Å². The number of nitrogens with zero attached hydrogens (tertiary/aromatic N) is 4. The van der Waals surface area contributed by atoms with Crippen molar-refractivity contribution in [2.45, 2.75) is 6.92 Å². The highest BCUT2D eigenvalue weighted by atomic mass is 35.5. The molecule has 35 heavy (non-hydrogen) atoms. The van der Waals surface area contributed by atoms with Crippen LogP contribution in [0.3, 0.4) is 0 Å². The van der Waals surface area contributed by atoms with Gasteiger partial charge in [-0.05, 0) is 66.1 Å². The smallest absolute Gasteiger partial charge is 0.129 e. The fourth-order valence-electron chi connectivity index (χ4n) is 4.80. The van der Waals surface area contributed by atoms with Gasteiger partial charge in [0.25, 0.3) is 0 Å². The summed E-state index contributed by atoms with van der Waals surface area (Å²) in [4.78, 5) is 12.1.